The maximum atomic E-state index is 12.4. The van der Waals surface area contributed by atoms with Crippen molar-refractivity contribution in [2.75, 3.05) is 5.32 Å². The van der Waals surface area contributed by atoms with E-state index >= 15 is 0 Å². The van der Waals surface area contributed by atoms with Gasteiger partial charge in [-0.15, -0.1) is 0 Å². The van der Waals surface area contributed by atoms with E-state index in [-0.39, 0.29) is 5.95 Å². The number of pyridine rings is 1. The second-order valence-electron chi connectivity index (χ2n) is 4.53. The van der Waals surface area contributed by atoms with Crippen molar-refractivity contribution in [2.24, 2.45) is 7.05 Å². The quantitative estimate of drug-likeness (QED) is 0.919. The summed E-state index contributed by atoms with van der Waals surface area (Å²) in [5.74, 6) is -0.356. The molecule has 0 aliphatic carbocycles. The summed E-state index contributed by atoms with van der Waals surface area (Å²) < 4.78 is 38.8. The number of rotatable bonds is 3. The van der Waals surface area contributed by atoms with Crippen LogP contribution in [0.1, 0.15) is 16.2 Å². The number of alkyl halides is 3. The van der Waals surface area contributed by atoms with Crippen LogP contribution >= 0.6 is 0 Å². The molecule has 1 amide bonds. The molecule has 0 fully saturated rings. The Labute approximate surface area is 122 Å². The van der Waals surface area contributed by atoms with Gasteiger partial charge >= 0.3 is 6.18 Å². The number of halogens is 3. The number of nitrogens with one attached hydrogen (secondary N) is 1. The molecule has 10 heteroatoms. The van der Waals surface area contributed by atoms with E-state index in [1.165, 1.54) is 17.8 Å². The molecule has 0 aromatic carbocycles. The van der Waals surface area contributed by atoms with Crippen molar-refractivity contribution in [1.82, 2.24) is 19.3 Å². The van der Waals surface area contributed by atoms with Gasteiger partial charge in [-0.25, -0.2) is 4.68 Å². The van der Waals surface area contributed by atoms with Crippen molar-refractivity contribution >= 4 is 11.9 Å². The SMILES string of the molecule is Cc1nc(NC(=O)c2cccn(CC(F)(F)F)c2=O)n(C)n1. The lowest BCUT2D eigenvalue weighted by Crippen LogP contribution is -2.33. The van der Waals surface area contributed by atoms with E-state index in [0.717, 1.165) is 12.3 Å². The van der Waals surface area contributed by atoms with Gasteiger partial charge in [0.2, 0.25) is 5.95 Å². The van der Waals surface area contributed by atoms with E-state index in [2.05, 4.69) is 15.4 Å². The molecule has 0 unspecified atom stereocenters. The van der Waals surface area contributed by atoms with Crippen molar-refractivity contribution in [1.29, 1.82) is 0 Å². The van der Waals surface area contributed by atoms with Gasteiger partial charge in [0.05, 0.1) is 0 Å². The van der Waals surface area contributed by atoms with Crippen molar-refractivity contribution in [3.63, 3.8) is 0 Å². The Kier molecular flexibility index (Phi) is 4.02. The van der Waals surface area contributed by atoms with Crippen molar-refractivity contribution in [2.45, 2.75) is 19.6 Å². The number of aromatic nitrogens is 4. The van der Waals surface area contributed by atoms with Gasteiger partial charge in [-0.3, -0.25) is 14.9 Å². The number of hydrogen-bond donors (Lipinski definition) is 1. The van der Waals surface area contributed by atoms with Crippen LogP contribution in [0.4, 0.5) is 19.1 Å². The third-order valence-corrected chi connectivity index (χ3v) is 2.71. The molecule has 2 aromatic rings. The zero-order chi connectivity index (χ0) is 16.5. The summed E-state index contributed by atoms with van der Waals surface area (Å²) in [5.41, 5.74) is -1.44. The first-order valence-corrected chi connectivity index (χ1v) is 6.12. The third kappa shape index (κ3) is 3.51. The summed E-state index contributed by atoms with van der Waals surface area (Å²) in [6.07, 6.45) is -3.58. The number of carbonyl (C=O) groups excluding carboxylic acids is 1. The van der Waals surface area contributed by atoms with E-state index in [0.29, 0.717) is 10.4 Å². The Morgan fingerprint density at radius 3 is 2.64 bits per heavy atom. The van der Waals surface area contributed by atoms with Gasteiger partial charge in [-0.05, 0) is 19.1 Å². The Morgan fingerprint density at radius 2 is 2.09 bits per heavy atom. The second kappa shape index (κ2) is 5.62. The van der Waals surface area contributed by atoms with E-state index in [4.69, 9.17) is 0 Å². The normalized spacial score (nSPS) is 11.5. The summed E-state index contributed by atoms with van der Waals surface area (Å²) >= 11 is 0. The fourth-order valence-electron chi connectivity index (χ4n) is 1.82. The van der Waals surface area contributed by atoms with Crippen LogP contribution in [0, 0.1) is 6.92 Å². The van der Waals surface area contributed by atoms with Crippen LogP contribution in [0.15, 0.2) is 23.1 Å². The topological polar surface area (TPSA) is 81.8 Å². The van der Waals surface area contributed by atoms with Crippen LogP contribution in [0.25, 0.3) is 0 Å². The number of anilines is 1. The van der Waals surface area contributed by atoms with Crippen LogP contribution < -0.4 is 10.9 Å². The molecule has 2 aromatic heterocycles. The molecule has 0 spiro atoms. The molecule has 2 heterocycles. The summed E-state index contributed by atoms with van der Waals surface area (Å²) in [5, 5.41) is 6.24. The van der Waals surface area contributed by atoms with Crippen LogP contribution in [-0.2, 0) is 13.6 Å². The van der Waals surface area contributed by atoms with Crippen LogP contribution in [0.3, 0.4) is 0 Å². The first-order valence-electron chi connectivity index (χ1n) is 6.12. The number of carbonyl (C=O) groups is 1. The number of amides is 1. The Balaban J connectivity index is 2.29. The van der Waals surface area contributed by atoms with Gasteiger partial charge in [0.25, 0.3) is 11.5 Å². The summed E-state index contributed by atoms with van der Waals surface area (Å²) in [7, 11) is 1.53. The maximum absolute atomic E-state index is 12.4. The van der Waals surface area contributed by atoms with Gasteiger partial charge in [0.15, 0.2) is 0 Å². The van der Waals surface area contributed by atoms with E-state index in [9.17, 15) is 22.8 Å². The highest BCUT2D eigenvalue weighted by molar-refractivity contribution is 6.03. The molecule has 118 valence electrons. The highest BCUT2D eigenvalue weighted by Crippen LogP contribution is 2.16. The van der Waals surface area contributed by atoms with E-state index in [1.807, 2.05) is 0 Å². The van der Waals surface area contributed by atoms with Crippen molar-refractivity contribution < 1.29 is 18.0 Å². The Hall–Kier alpha value is -2.65. The van der Waals surface area contributed by atoms with Gasteiger partial charge in [-0.2, -0.15) is 23.3 Å². The minimum Gasteiger partial charge on any atom is -0.306 e. The Morgan fingerprint density at radius 1 is 1.41 bits per heavy atom. The lowest BCUT2D eigenvalue weighted by atomic mass is 10.2. The highest BCUT2D eigenvalue weighted by atomic mass is 19.4. The van der Waals surface area contributed by atoms with Crippen LogP contribution in [0.5, 0.6) is 0 Å². The molecule has 2 rings (SSSR count). The molecule has 7 nitrogen and oxygen atoms in total. The smallest absolute Gasteiger partial charge is 0.306 e. The molecule has 1 N–H and O–H groups in total. The third-order valence-electron chi connectivity index (χ3n) is 2.71. The molecule has 0 aliphatic rings. The first kappa shape index (κ1) is 15.7. The fourth-order valence-corrected chi connectivity index (χ4v) is 1.82. The average molecular weight is 315 g/mol. The molecule has 0 saturated carbocycles. The lowest BCUT2D eigenvalue weighted by molar-refractivity contribution is -0.141. The van der Waals surface area contributed by atoms with Gasteiger partial charge in [0.1, 0.15) is 17.9 Å². The molecule has 0 saturated heterocycles. The zero-order valence-electron chi connectivity index (χ0n) is 11.7. The zero-order valence-corrected chi connectivity index (χ0v) is 11.7. The van der Waals surface area contributed by atoms with Crippen LogP contribution in [-0.4, -0.2) is 31.4 Å². The predicted octanol–water partition coefficient (Wildman–Crippen LogP) is 1.10. The summed E-state index contributed by atoms with van der Waals surface area (Å²) in [6.45, 7) is 0.143. The Bertz CT molecular complexity index is 763. The van der Waals surface area contributed by atoms with Crippen molar-refractivity contribution in [3.05, 3.63) is 40.1 Å². The summed E-state index contributed by atoms with van der Waals surface area (Å²) in [6, 6.07) is 2.34. The van der Waals surface area contributed by atoms with Crippen LogP contribution in [0.2, 0.25) is 0 Å². The largest absolute Gasteiger partial charge is 0.406 e. The minimum absolute atomic E-state index is 0.0909. The first-order chi connectivity index (χ1) is 10.2. The van der Waals surface area contributed by atoms with E-state index < -0.39 is 29.8 Å². The maximum Gasteiger partial charge on any atom is 0.406 e. The monoisotopic (exact) mass is 315 g/mol. The van der Waals surface area contributed by atoms with Gasteiger partial charge in [-0.1, -0.05) is 0 Å². The predicted molar refractivity (Wildman–Crippen MR) is 70.5 cm³/mol. The second-order valence-corrected chi connectivity index (χ2v) is 4.53. The van der Waals surface area contributed by atoms with E-state index in [1.54, 1.807) is 6.92 Å². The van der Waals surface area contributed by atoms with Gasteiger partial charge in [0, 0.05) is 13.2 Å². The number of aryl methyl sites for hydroxylation is 2. The fraction of sp³-hybridized carbons (Fsp3) is 0.333. The molecule has 0 radical (unpaired) electrons. The standard InChI is InChI=1S/C12H12F3N5O2/c1-7-16-11(19(2)18-7)17-9(21)8-4-3-5-20(10(8)22)6-12(13,14)15/h3-5H,6H2,1-2H3,(H,16,17,18,21). The number of hydrogen-bond acceptors (Lipinski definition) is 4. The number of nitrogens with zero attached hydrogens (tertiary/aromatic N) is 4. The molecule has 0 atom stereocenters. The average Bonchev–Trinajstić information content (AvgIpc) is 2.68. The molecule has 22 heavy (non-hydrogen) atoms. The molecular formula is C12H12F3N5O2. The summed E-state index contributed by atoms with van der Waals surface area (Å²) in [4.78, 5) is 27.9. The minimum atomic E-state index is -4.56. The molecule has 0 aliphatic heterocycles. The molecular weight excluding hydrogens is 303 g/mol. The van der Waals surface area contributed by atoms with Crippen molar-refractivity contribution in [3.8, 4) is 0 Å². The van der Waals surface area contributed by atoms with Gasteiger partial charge < -0.3 is 4.57 Å². The molecule has 0 bridgehead atoms. The lowest BCUT2D eigenvalue weighted by Gasteiger charge is -2.10. The highest BCUT2D eigenvalue weighted by Gasteiger charge is 2.29.